The summed E-state index contributed by atoms with van der Waals surface area (Å²) in [5, 5.41) is 5.85. The van der Waals surface area contributed by atoms with E-state index in [1.165, 1.54) is 16.4 Å². The van der Waals surface area contributed by atoms with E-state index in [2.05, 4.69) is 32.0 Å². The zero-order chi connectivity index (χ0) is 13.8. The lowest BCUT2D eigenvalue weighted by Gasteiger charge is -2.20. The molecular formula is C13H16N4OS2. The summed E-state index contributed by atoms with van der Waals surface area (Å²) in [5.74, 6) is 0.0676. The predicted molar refractivity (Wildman–Crippen MR) is 80.0 cm³/mol. The Hall–Kier alpha value is -1.31. The van der Waals surface area contributed by atoms with Crippen molar-refractivity contribution in [2.24, 2.45) is 0 Å². The van der Waals surface area contributed by atoms with Gasteiger partial charge in [0.05, 0.1) is 6.20 Å². The summed E-state index contributed by atoms with van der Waals surface area (Å²) in [6.45, 7) is 4.56. The van der Waals surface area contributed by atoms with Crippen LogP contribution in [0.25, 0.3) is 0 Å². The molecule has 7 heteroatoms. The van der Waals surface area contributed by atoms with E-state index in [0.29, 0.717) is 4.88 Å². The molecule has 0 aromatic carbocycles. The molecular weight excluding hydrogens is 292 g/mol. The topological polar surface area (TPSA) is 49.3 Å². The summed E-state index contributed by atoms with van der Waals surface area (Å²) in [6.07, 6.45) is 2.57. The summed E-state index contributed by atoms with van der Waals surface area (Å²) >= 11 is 2.96. The number of nitrogens with zero attached hydrogens (tertiary/aromatic N) is 4. The lowest BCUT2D eigenvalue weighted by atomic mass is 10.3. The van der Waals surface area contributed by atoms with Crippen LogP contribution in [0.5, 0.6) is 0 Å². The van der Waals surface area contributed by atoms with Gasteiger partial charge in [-0.3, -0.25) is 9.69 Å². The van der Waals surface area contributed by atoms with E-state index in [4.69, 9.17) is 0 Å². The van der Waals surface area contributed by atoms with Gasteiger partial charge in [0.1, 0.15) is 4.88 Å². The molecule has 3 rings (SSSR count). The highest BCUT2D eigenvalue weighted by Gasteiger charge is 2.21. The average molecular weight is 308 g/mol. The minimum atomic E-state index is 0.0676. The summed E-state index contributed by atoms with van der Waals surface area (Å²) in [6, 6.07) is 4.26. The van der Waals surface area contributed by atoms with E-state index in [1.54, 1.807) is 17.5 Å². The highest BCUT2D eigenvalue weighted by atomic mass is 32.1. The Morgan fingerprint density at radius 2 is 2.25 bits per heavy atom. The van der Waals surface area contributed by atoms with Crippen molar-refractivity contribution < 1.29 is 4.79 Å². The first-order chi connectivity index (χ1) is 9.83. The first-order valence-electron chi connectivity index (χ1n) is 6.64. The van der Waals surface area contributed by atoms with Crippen LogP contribution in [0.3, 0.4) is 0 Å². The Bertz CT molecular complexity index is 541. The van der Waals surface area contributed by atoms with E-state index in [0.717, 1.165) is 39.1 Å². The van der Waals surface area contributed by atoms with Gasteiger partial charge in [-0.15, -0.1) is 16.4 Å². The number of aromatic nitrogens is 2. The van der Waals surface area contributed by atoms with E-state index in [9.17, 15) is 4.79 Å². The predicted octanol–water partition coefficient (Wildman–Crippen LogP) is 1.95. The Kier molecular flexibility index (Phi) is 4.39. The van der Waals surface area contributed by atoms with Crippen molar-refractivity contribution in [3.05, 3.63) is 33.5 Å². The molecule has 1 fully saturated rings. The van der Waals surface area contributed by atoms with Crippen LogP contribution in [0.2, 0.25) is 0 Å². The van der Waals surface area contributed by atoms with Gasteiger partial charge < -0.3 is 4.90 Å². The van der Waals surface area contributed by atoms with Crippen molar-refractivity contribution in [3.8, 4) is 0 Å². The van der Waals surface area contributed by atoms with Crippen LogP contribution >= 0.6 is 22.9 Å². The molecule has 1 aliphatic heterocycles. The van der Waals surface area contributed by atoms with Crippen LogP contribution in [0, 0.1) is 0 Å². The molecule has 0 bridgehead atoms. The molecule has 1 aliphatic rings. The second-order valence-electron chi connectivity index (χ2n) is 4.78. The monoisotopic (exact) mass is 308 g/mol. The van der Waals surface area contributed by atoms with Crippen LogP contribution in [-0.4, -0.2) is 51.5 Å². The molecule has 0 aliphatic carbocycles. The van der Waals surface area contributed by atoms with Gasteiger partial charge in [0.2, 0.25) is 0 Å². The van der Waals surface area contributed by atoms with E-state index in [1.807, 2.05) is 4.90 Å². The fraction of sp³-hybridized carbons (Fsp3) is 0.462. The first-order valence-corrected chi connectivity index (χ1v) is 8.29. The molecule has 0 saturated carbocycles. The number of amides is 1. The Labute approximate surface area is 126 Å². The fourth-order valence-electron chi connectivity index (χ4n) is 2.37. The van der Waals surface area contributed by atoms with Crippen molar-refractivity contribution in [1.29, 1.82) is 0 Å². The number of carbonyl (C=O) groups excluding carboxylic acids is 1. The largest absolute Gasteiger partial charge is 0.337 e. The van der Waals surface area contributed by atoms with Crippen LogP contribution in [0.15, 0.2) is 23.7 Å². The maximum absolute atomic E-state index is 12.3. The first kappa shape index (κ1) is 13.7. The third kappa shape index (κ3) is 3.23. The van der Waals surface area contributed by atoms with Crippen molar-refractivity contribution in [1.82, 2.24) is 19.4 Å². The summed E-state index contributed by atoms with van der Waals surface area (Å²) in [5.41, 5.74) is 0. The molecule has 5 nitrogen and oxygen atoms in total. The molecule has 0 atom stereocenters. The number of hydrogen-bond donors (Lipinski definition) is 0. The van der Waals surface area contributed by atoms with E-state index in [-0.39, 0.29) is 5.91 Å². The normalized spacial score (nSPS) is 17.1. The number of carbonyl (C=O) groups is 1. The molecule has 2 aromatic rings. The molecule has 3 heterocycles. The third-order valence-electron chi connectivity index (χ3n) is 3.41. The van der Waals surface area contributed by atoms with Crippen LogP contribution in [0.4, 0.5) is 0 Å². The number of rotatable bonds is 3. The van der Waals surface area contributed by atoms with Crippen LogP contribution in [0.1, 0.15) is 21.0 Å². The Balaban J connectivity index is 1.58. The Morgan fingerprint density at radius 3 is 3.00 bits per heavy atom. The molecule has 0 radical (unpaired) electrons. The zero-order valence-electron chi connectivity index (χ0n) is 11.1. The smallest absolute Gasteiger partial charge is 0.267 e. The highest BCUT2D eigenvalue weighted by molar-refractivity contribution is 7.09. The number of thiophene rings is 1. The second-order valence-corrected chi connectivity index (χ2v) is 6.60. The van der Waals surface area contributed by atoms with Gasteiger partial charge >= 0.3 is 0 Å². The maximum Gasteiger partial charge on any atom is 0.267 e. The average Bonchev–Trinajstić information content (AvgIpc) is 3.10. The van der Waals surface area contributed by atoms with Crippen molar-refractivity contribution in [2.75, 3.05) is 26.2 Å². The van der Waals surface area contributed by atoms with E-state index >= 15 is 0 Å². The van der Waals surface area contributed by atoms with Gasteiger partial charge in [0.25, 0.3) is 5.91 Å². The highest BCUT2D eigenvalue weighted by Crippen LogP contribution is 2.15. The molecule has 0 spiro atoms. The fourth-order valence-corrected chi connectivity index (χ4v) is 3.60. The molecule has 1 saturated heterocycles. The van der Waals surface area contributed by atoms with Crippen molar-refractivity contribution in [3.63, 3.8) is 0 Å². The van der Waals surface area contributed by atoms with Crippen LogP contribution in [-0.2, 0) is 6.54 Å². The summed E-state index contributed by atoms with van der Waals surface area (Å²) < 4.78 is 3.76. The molecule has 1 amide bonds. The number of hydrogen-bond acceptors (Lipinski definition) is 6. The van der Waals surface area contributed by atoms with Gasteiger partial charge in [0, 0.05) is 37.6 Å². The molecule has 20 heavy (non-hydrogen) atoms. The molecule has 0 N–H and O–H groups in total. The zero-order valence-corrected chi connectivity index (χ0v) is 12.7. The van der Waals surface area contributed by atoms with Crippen molar-refractivity contribution >= 4 is 28.8 Å². The Morgan fingerprint density at radius 1 is 1.30 bits per heavy atom. The summed E-state index contributed by atoms with van der Waals surface area (Å²) in [4.78, 5) is 18.6. The van der Waals surface area contributed by atoms with Gasteiger partial charge in [-0.25, -0.2) is 0 Å². The summed E-state index contributed by atoms with van der Waals surface area (Å²) in [7, 11) is 0. The van der Waals surface area contributed by atoms with E-state index < -0.39 is 0 Å². The second kappa shape index (κ2) is 6.43. The maximum atomic E-state index is 12.3. The molecule has 2 aromatic heterocycles. The lowest BCUT2D eigenvalue weighted by molar-refractivity contribution is 0.0766. The van der Waals surface area contributed by atoms with Gasteiger partial charge in [0.15, 0.2) is 0 Å². The van der Waals surface area contributed by atoms with Gasteiger partial charge in [-0.2, -0.15) is 0 Å². The van der Waals surface area contributed by atoms with Crippen LogP contribution < -0.4 is 0 Å². The molecule has 106 valence electrons. The minimum absolute atomic E-state index is 0.0676. The third-order valence-corrected chi connectivity index (χ3v) is 4.92. The van der Waals surface area contributed by atoms with Crippen molar-refractivity contribution in [2.45, 2.75) is 13.0 Å². The SMILES string of the molecule is O=C(c1cnns1)N1CCCN(Cc2cccs2)CC1. The van der Waals surface area contributed by atoms with Gasteiger partial charge in [-0.1, -0.05) is 10.6 Å². The van der Waals surface area contributed by atoms with Gasteiger partial charge in [-0.05, 0) is 29.4 Å². The molecule has 0 unspecified atom stereocenters. The minimum Gasteiger partial charge on any atom is -0.337 e. The standard InChI is InChI=1S/C13H16N4OS2/c18-13(12-9-14-15-20-12)17-5-2-4-16(6-7-17)10-11-3-1-8-19-11/h1,3,8-9H,2,4-7,10H2. The quantitative estimate of drug-likeness (QED) is 0.869. The lowest BCUT2D eigenvalue weighted by Crippen LogP contribution is -2.34.